The van der Waals surface area contributed by atoms with Gasteiger partial charge in [0, 0.05) is 30.0 Å². The lowest BCUT2D eigenvalue weighted by molar-refractivity contribution is 0.259. The first-order valence-corrected chi connectivity index (χ1v) is 6.17. The van der Waals surface area contributed by atoms with Crippen molar-refractivity contribution < 1.29 is 0 Å². The fourth-order valence-corrected chi connectivity index (χ4v) is 2.97. The van der Waals surface area contributed by atoms with Gasteiger partial charge in [0.05, 0.1) is 5.84 Å². The molecule has 1 aliphatic heterocycles. The molecule has 0 amide bonds. The van der Waals surface area contributed by atoms with E-state index in [9.17, 15) is 0 Å². The van der Waals surface area contributed by atoms with Crippen molar-refractivity contribution in [3.8, 4) is 0 Å². The molecule has 1 aliphatic rings. The van der Waals surface area contributed by atoms with Crippen LogP contribution in [0.25, 0.3) is 0 Å². The van der Waals surface area contributed by atoms with Gasteiger partial charge < -0.3 is 10.6 Å². The number of amidine groups is 1. The molecule has 0 spiro atoms. The molecule has 4 heteroatoms. The molecular formula is C10H21N3S. The number of hydrogen-bond acceptors (Lipinski definition) is 3. The van der Waals surface area contributed by atoms with Crippen molar-refractivity contribution in [2.45, 2.75) is 31.4 Å². The molecule has 0 unspecified atom stereocenters. The summed E-state index contributed by atoms with van der Waals surface area (Å²) >= 11 is 2.06. The van der Waals surface area contributed by atoms with Crippen LogP contribution in [0, 0.1) is 5.41 Å². The number of nitrogens with zero attached hydrogens (tertiary/aromatic N) is 1. The Kier molecular flexibility index (Phi) is 4.26. The molecule has 82 valence electrons. The highest BCUT2D eigenvalue weighted by Crippen LogP contribution is 2.29. The zero-order valence-electron chi connectivity index (χ0n) is 9.18. The molecule has 3 N–H and O–H groups in total. The largest absolute Gasteiger partial charge is 0.388 e. The third-order valence-corrected chi connectivity index (χ3v) is 3.72. The van der Waals surface area contributed by atoms with Crippen LogP contribution >= 0.6 is 11.8 Å². The molecule has 0 bridgehead atoms. The quantitative estimate of drug-likeness (QED) is 0.552. The standard InChI is InChI=1S/C10H21N3S/c1-10(2)8-13(6-7-14-10)5-3-4-9(11)12/h3-8H2,1-2H3,(H3,11,12). The van der Waals surface area contributed by atoms with Crippen LogP contribution < -0.4 is 5.73 Å². The number of nitrogens with two attached hydrogens (primary N) is 1. The summed E-state index contributed by atoms with van der Waals surface area (Å²) < 4.78 is 0.397. The van der Waals surface area contributed by atoms with Crippen LogP contribution in [-0.2, 0) is 0 Å². The minimum Gasteiger partial charge on any atom is -0.388 e. The van der Waals surface area contributed by atoms with Crippen molar-refractivity contribution in [1.29, 1.82) is 5.41 Å². The van der Waals surface area contributed by atoms with E-state index in [0.29, 0.717) is 10.6 Å². The monoisotopic (exact) mass is 215 g/mol. The van der Waals surface area contributed by atoms with Gasteiger partial charge in [-0.25, -0.2) is 0 Å². The van der Waals surface area contributed by atoms with Gasteiger partial charge in [0.1, 0.15) is 0 Å². The summed E-state index contributed by atoms with van der Waals surface area (Å²) in [6.07, 6.45) is 1.76. The van der Waals surface area contributed by atoms with Gasteiger partial charge >= 0.3 is 0 Å². The molecule has 0 radical (unpaired) electrons. The highest BCUT2D eigenvalue weighted by molar-refractivity contribution is 8.00. The first-order chi connectivity index (χ1) is 6.49. The van der Waals surface area contributed by atoms with E-state index in [1.807, 2.05) is 0 Å². The van der Waals surface area contributed by atoms with E-state index >= 15 is 0 Å². The van der Waals surface area contributed by atoms with Crippen LogP contribution in [0.3, 0.4) is 0 Å². The van der Waals surface area contributed by atoms with Gasteiger partial charge in [0.25, 0.3) is 0 Å². The van der Waals surface area contributed by atoms with E-state index in [-0.39, 0.29) is 0 Å². The minimum absolute atomic E-state index is 0.315. The summed E-state index contributed by atoms with van der Waals surface area (Å²) in [5.74, 6) is 1.54. The van der Waals surface area contributed by atoms with Crippen molar-refractivity contribution in [1.82, 2.24) is 4.90 Å². The van der Waals surface area contributed by atoms with Crippen molar-refractivity contribution in [3.63, 3.8) is 0 Å². The number of hydrogen-bond donors (Lipinski definition) is 2. The second-order valence-corrected chi connectivity index (χ2v) is 6.32. The highest BCUT2D eigenvalue weighted by atomic mass is 32.2. The Morgan fingerprint density at radius 1 is 1.57 bits per heavy atom. The zero-order valence-corrected chi connectivity index (χ0v) is 9.99. The van der Waals surface area contributed by atoms with Crippen molar-refractivity contribution in [3.05, 3.63) is 0 Å². The van der Waals surface area contributed by atoms with Gasteiger partial charge in [-0.05, 0) is 26.8 Å². The lowest BCUT2D eigenvalue weighted by Crippen LogP contribution is -2.43. The summed E-state index contributed by atoms with van der Waals surface area (Å²) in [5, 5.41) is 7.14. The van der Waals surface area contributed by atoms with E-state index < -0.39 is 0 Å². The summed E-state index contributed by atoms with van der Waals surface area (Å²) in [6.45, 7) is 8.04. The molecule has 0 atom stereocenters. The molecule has 0 saturated carbocycles. The number of rotatable bonds is 4. The zero-order chi connectivity index (χ0) is 10.6. The molecular weight excluding hydrogens is 194 g/mol. The highest BCUT2D eigenvalue weighted by Gasteiger charge is 2.26. The fourth-order valence-electron chi connectivity index (χ4n) is 1.80. The van der Waals surface area contributed by atoms with Crippen LogP contribution in [0.5, 0.6) is 0 Å². The summed E-state index contributed by atoms with van der Waals surface area (Å²) in [5.41, 5.74) is 5.32. The molecule has 1 rings (SSSR count). The minimum atomic E-state index is 0.315. The van der Waals surface area contributed by atoms with Crippen molar-refractivity contribution in [2.24, 2.45) is 5.73 Å². The van der Waals surface area contributed by atoms with Gasteiger partial charge in [-0.1, -0.05) is 0 Å². The van der Waals surface area contributed by atoms with Gasteiger partial charge in [0.15, 0.2) is 0 Å². The SMILES string of the molecule is CC1(C)CN(CCCC(=N)N)CCS1. The first kappa shape index (κ1) is 11.9. The van der Waals surface area contributed by atoms with Gasteiger partial charge in [-0.3, -0.25) is 5.41 Å². The fraction of sp³-hybridized carbons (Fsp3) is 0.900. The van der Waals surface area contributed by atoms with Crippen molar-refractivity contribution >= 4 is 17.6 Å². The Morgan fingerprint density at radius 2 is 2.29 bits per heavy atom. The van der Waals surface area contributed by atoms with Gasteiger partial charge in [0.2, 0.25) is 0 Å². The first-order valence-electron chi connectivity index (χ1n) is 5.19. The third-order valence-electron chi connectivity index (χ3n) is 2.43. The Balaban J connectivity index is 2.21. The third kappa shape index (κ3) is 4.33. The number of nitrogens with one attached hydrogen (secondary N) is 1. The molecule has 3 nitrogen and oxygen atoms in total. The van der Waals surface area contributed by atoms with Crippen LogP contribution in [0.4, 0.5) is 0 Å². The molecule has 0 aromatic carbocycles. The molecule has 1 fully saturated rings. The molecule has 0 aliphatic carbocycles. The Hall–Kier alpha value is -0.220. The van der Waals surface area contributed by atoms with Gasteiger partial charge in [-0.2, -0.15) is 11.8 Å². The van der Waals surface area contributed by atoms with E-state index in [0.717, 1.165) is 25.9 Å². The molecule has 14 heavy (non-hydrogen) atoms. The Bertz CT molecular complexity index is 204. The average molecular weight is 215 g/mol. The van der Waals surface area contributed by atoms with E-state index in [1.165, 1.54) is 12.3 Å². The van der Waals surface area contributed by atoms with E-state index in [4.69, 9.17) is 11.1 Å². The van der Waals surface area contributed by atoms with E-state index in [2.05, 4.69) is 30.5 Å². The Labute approximate surface area is 90.9 Å². The maximum atomic E-state index is 7.14. The normalized spacial score (nSPS) is 22.1. The maximum Gasteiger partial charge on any atom is 0.0905 e. The van der Waals surface area contributed by atoms with Crippen molar-refractivity contribution in [2.75, 3.05) is 25.4 Å². The lowest BCUT2D eigenvalue weighted by atomic mass is 10.1. The molecule has 0 aromatic heterocycles. The Morgan fingerprint density at radius 3 is 2.86 bits per heavy atom. The molecule has 0 aromatic rings. The van der Waals surface area contributed by atoms with Crippen LogP contribution in [0.1, 0.15) is 26.7 Å². The van der Waals surface area contributed by atoms with E-state index in [1.54, 1.807) is 0 Å². The van der Waals surface area contributed by atoms with Crippen LogP contribution in [0.2, 0.25) is 0 Å². The topological polar surface area (TPSA) is 53.1 Å². The summed E-state index contributed by atoms with van der Waals surface area (Å²) in [6, 6.07) is 0. The lowest BCUT2D eigenvalue weighted by Gasteiger charge is -2.37. The average Bonchev–Trinajstić information content (AvgIpc) is 2.01. The second-order valence-electron chi connectivity index (χ2n) is 4.51. The van der Waals surface area contributed by atoms with Gasteiger partial charge in [-0.15, -0.1) is 0 Å². The van der Waals surface area contributed by atoms with Crippen LogP contribution in [0.15, 0.2) is 0 Å². The number of thioether (sulfide) groups is 1. The predicted molar refractivity (Wildman–Crippen MR) is 64.1 cm³/mol. The maximum absolute atomic E-state index is 7.14. The molecule has 1 saturated heterocycles. The second kappa shape index (κ2) is 5.03. The summed E-state index contributed by atoms with van der Waals surface area (Å²) in [4.78, 5) is 2.49. The summed E-state index contributed by atoms with van der Waals surface area (Å²) in [7, 11) is 0. The predicted octanol–water partition coefficient (Wildman–Crippen LogP) is 1.53. The molecule has 1 heterocycles. The smallest absolute Gasteiger partial charge is 0.0905 e. The van der Waals surface area contributed by atoms with Crippen LogP contribution in [-0.4, -0.2) is 40.9 Å².